The second-order valence-electron chi connectivity index (χ2n) is 4.78. The Bertz CT molecular complexity index is 703. The van der Waals surface area contributed by atoms with Gasteiger partial charge < -0.3 is 19.3 Å². The molecule has 0 radical (unpaired) electrons. The van der Waals surface area contributed by atoms with Crippen LogP contribution in [0.3, 0.4) is 0 Å². The fourth-order valence-electron chi connectivity index (χ4n) is 1.82. The molecule has 0 saturated carbocycles. The molecule has 0 aromatic heterocycles. The quantitative estimate of drug-likeness (QED) is 0.365. The molecule has 2 aromatic carbocycles. The normalized spacial score (nSPS) is 8.93. The molecule has 0 heterocycles. The lowest BCUT2D eigenvalue weighted by atomic mass is 10.2. The summed E-state index contributed by atoms with van der Waals surface area (Å²) in [5.41, 5.74) is 1.02. The molecule has 1 N–H and O–H groups in total. The van der Waals surface area contributed by atoms with Crippen molar-refractivity contribution < 1.29 is 28.9 Å². The van der Waals surface area contributed by atoms with Crippen molar-refractivity contribution in [2.24, 2.45) is 0 Å². The summed E-state index contributed by atoms with van der Waals surface area (Å²) in [4.78, 5) is 20.7. The van der Waals surface area contributed by atoms with Gasteiger partial charge in [0, 0.05) is 11.1 Å². The monoisotopic (exact) mass is 488 g/mol. The summed E-state index contributed by atoms with van der Waals surface area (Å²) >= 11 is 2.29. The van der Waals surface area contributed by atoms with Crippen LogP contribution in [-0.2, 0) is 0 Å². The van der Waals surface area contributed by atoms with Crippen molar-refractivity contribution in [2.75, 3.05) is 25.3 Å². The van der Waals surface area contributed by atoms with Crippen molar-refractivity contribution in [2.45, 2.75) is 13.8 Å². The van der Waals surface area contributed by atoms with E-state index in [0.29, 0.717) is 41.3 Å². The SMILES string of the molecule is CCI.CCOc1cc(C=O)ccc1OC.COc1ccc(C=O)cc1O. The standard InChI is InChI=1S/C10H12O3.C8H8O3.C2H5I/c1-3-13-10-6-8(7-11)4-5-9(10)12-2;1-11-8-3-2-6(5-9)4-7(8)10;1-2-3/h4-7H,3H2,1-2H3;2-5,10H,1H3;2H2,1H3. The number of phenolic OH excluding ortho intramolecular Hbond substituents is 1. The van der Waals surface area contributed by atoms with Crippen molar-refractivity contribution in [3.63, 3.8) is 0 Å². The Hall–Kier alpha value is -2.29. The molecule has 0 aliphatic carbocycles. The van der Waals surface area contributed by atoms with Gasteiger partial charge in [-0.3, -0.25) is 9.59 Å². The van der Waals surface area contributed by atoms with Crippen LogP contribution in [0.25, 0.3) is 0 Å². The van der Waals surface area contributed by atoms with Gasteiger partial charge in [-0.05, 0) is 47.7 Å². The van der Waals surface area contributed by atoms with Crippen LogP contribution in [0.1, 0.15) is 34.6 Å². The molecular formula is C20H25IO6. The van der Waals surface area contributed by atoms with Gasteiger partial charge in [-0.15, -0.1) is 0 Å². The molecule has 0 fully saturated rings. The summed E-state index contributed by atoms with van der Waals surface area (Å²) in [6.45, 7) is 4.55. The lowest BCUT2D eigenvalue weighted by molar-refractivity contribution is 0.111. The number of aromatic hydroxyl groups is 1. The third kappa shape index (κ3) is 9.28. The predicted octanol–water partition coefficient (Wildman–Crippen LogP) is 4.56. The molecule has 0 aliphatic rings. The number of aldehydes is 2. The van der Waals surface area contributed by atoms with E-state index < -0.39 is 0 Å². The average molecular weight is 488 g/mol. The average Bonchev–Trinajstić information content (AvgIpc) is 2.69. The maximum atomic E-state index is 10.5. The first-order valence-electron chi connectivity index (χ1n) is 8.15. The lowest BCUT2D eigenvalue weighted by Gasteiger charge is -2.08. The zero-order valence-corrected chi connectivity index (χ0v) is 18.1. The minimum absolute atomic E-state index is 0.0166. The smallest absolute Gasteiger partial charge is 0.161 e. The van der Waals surface area contributed by atoms with E-state index >= 15 is 0 Å². The maximum absolute atomic E-state index is 10.5. The van der Waals surface area contributed by atoms with Gasteiger partial charge in [0.05, 0.1) is 20.8 Å². The fraction of sp³-hybridized carbons (Fsp3) is 0.300. The van der Waals surface area contributed by atoms with Crippen LogP contribution >= 0.6 is 22.6 Å². The molecule has 0 unspecified atom stereocenters. The van der Waals surface area contributed by atoms with Gasteiger partial charge in [-0.2, -0.15) is 0 Å². The van der Waals surface area contributed by atoms with Crippen LogP contribution in [0.15, 0.2) is 36.4 Å². The highest BCUT2D eigenvalue weighted by Crippen LogP contribution is 2.27. The van der Waals surface area contributed by atoms with E-state index in [2.05, 4.69) is 29.5 Å². The number of hydrogen-bond acceptors (Lipinski definition) is 6. The van der Waals surface area contributed by atoms with Crippen LogP contribution in [0.4, 0.5) is 0 Å². The largest absolute Gasteiger partial charge is 0.504 e. The van der Waals surface area contributed by atoms with Crippen molar-refractivity contribution in [1.29, 1.82) is 0 Å². The topological polar surface area (TPSA) is 82.1 Å². The summed E-state index contributed by atoms with van der Waals surface area (Å²) < 4.78 is 16.3. The Labute approximate surface area is 173 Å². The molecule has 0 saturated heterocycles. The lowest BCUT2D eigenvalue weighted by Crippen LogP contribution is -1.96. The first kappa shape index (κ1) is 24.7. The molecule has 0 spiro atoms. The Kier molecular flexibility index (Phi) is 13.6. The molecule has 27 heavy (non-hydrogen) atoms. The van der Waals surface area contributed by atoms with E-state index in [4.69, 9.17) is 19.3 Å². The number of methoxy groups -OCH3 is 2. The number of benzene rings is 2. The number of ether oxygens (including phenoxy) is 3. The first-order valence-corrected chi connectivity index (χ1v) is 9.67. The molecule has 0 bridgehead atoms. The summed E-state index contributed by atoms with van der Waals surface area (Å²) in [6.07, 6.45) is 1.45. The second kappa shape index (κ2) is 14.8. The molecule has 2 aromatic rings. The van der Waals surface area contributed by atoms with E-state index in [1.165, 1.54) is 17.6 Å². The zero-order valence-electron chi connectivity index (χ0n) is 15.9. The van der Waals surface area contributed by atoms with Gasteiger partial charge in [0.25, 0.3) is 0 Å². The highest BCUT2D eigenvalue weighted by molar-refractivity contribution is 14.1. The summed E-state index contributed by atoms with van der Waals surface area (Å²) in [7, 11) is 3.02. The number of hydrogen-bond donors (Lipinski definition) is 1. The van der Waals surface area contributed by atoms with Gasteiger partial charge in [0.1, 0.15) is 12.6 Å². The van der Waals surface area contributed by atoms with E-state index in [1.807, 2.05) is 6.92 Å². The first-order chi connectivity index (χ1) is 13.0. The minimum Gasteiger partial charge on any atom is -0.504 e. The number of carbonyl (C=O) groups is 2. The molecule has 7 heteroatoms. The van der Waals surface area contributed by atoms with Gasteiger partial charge in [0.15, 0.2) is 23.0 Å². The number of halogens is 1. The van der Waals surface area contributed by atoms with Gasteiger partial charge in [-0.25, -0.2) is 0 Å². The van der Waals surface area contributed by atoms with Crippen LogP contribution < -0.4 is 14.2 Å². The maximum Gasteiger partial charge on any atom is 0.161 e. The number of phenols is 1. The van der Waals surface area contributed by atoms with E-state index in [9.17, 15) is 9.59 Å². The van der Waals surface area contributed by atoms with Crippen molar-refractivity contribution in [3.05, 3.63) is 47.5 Å². The molecule has 148 valence electrons. The van der Waals surface area contributed by atoms with Crippen LogP contribution in [0.5, 0.6) is 23.0 Å². The number of rotatable bonds is 6. The van der Waals surface area contributed by atoms with Crippen LogP contribution in [0.2, 0.25) is 0 Å². The molecule has 0 atom stereocenters. The van der Waals surface area contributed by atoms with E-state index in [1.54, 1.807) is 37.4 Å². The second-order valence-corrected chi connectivity index (χ2v) is 6.30. The molecular weight excluding hydrogens is 463 g/mol. The molecule has 6 nitrogen and oxygen atoms in total. The Morgan fingerprint density at radius 1 is 0.889 bits per heavy atom. The van der Waals surface area contributed by atoms with Crippen molar-refractivity contribution in [3.8, 4) is 23.0 Å². The molecule has 0 aliphatic heterocycles. The van der Waals surface area contributed by atoms with E-state index in [-0.39, 0.29) is 5.75 Å². The highest BCUT2D eigenvalue weighted by Gasteiger charge is 2.04. The molecule has 0 amide bonds. The molecule has 2 rings (SSSR count). The van der Waals surface area contributed by atoms with Crippen LogP contribution in [0, 0.1) is 0 Å². The zero-order chi connectivity index (χ0) is 20.7. The van der Waals surface area contributed by atoms with Crippen molar-refractivity contribution >= 4 is 35.2 Å². The fourth-order valence-corrected chi connectivity index (χ4v) is 1.82. The Balaban J connectivity index is 0.000000442. The Morgan fingerprint density at radius 3 is 1.78 bits per heavy atom. The number of alkyl halides is 1. The van der Waals surface area contributed by atoms with Gasteiger partial charge >= 0.3 is 0 Å². The van der Waals surface area contributed by atoms with Gasteiger partial charge in [-0.1, -0.05) is 29.5 Å². The van der Waals surface area contributed by atoms with Gasteiger partial charge in [0.2, 0.25) is 0 Å². The van der Waals surface area contributed by atoms with E-state index in [0.717, 1.165) is 6.29 Å². The predicted molar refractivity (Wildman–Crippen MR) is 114 cm³/mol. The number of carbonyl (C=O) groups excluding carboxylic acids is 2. The Morgan fingerprint density at radius 2 is 1.37 bits per heavy atom. The summed E-state index contributed by atoms with van der Waals surface area (Å²) in [5, 5.41) is 9.14. The van der Waals surface area contributed by atoms with Crippen LogP contribution in [-0.4, -0.2) is 42.9 Å². The third-order valence-corrected chi connectivity index (χ3v) is 2.96. The summed E-state index contributed by atoms with van der Waals surface area (Å²) in [5.74, 6) is 1.61. The third-order valence-electron chi connectivity index (χ3n) is 2.96. The summed E-state index contributed by atoms with van der Waals surface area (Å²) in [6, 6.07) is 9.54. The highest BCUT2D eigenvalue weighted by atomic mass is 127. The minimum atomic E-state index is -0.0166. The van der Waals surface area contributed by atoms with Crippen molar-refractivity contribution in [1.82, 2.24) is 0 Å².